The van der Waals surface area contributed by atoms with Crippen LogP contribution < -0.4 is 0 Å². The van der Waals surface area contributed by atoms with Crippen molar-refractivity contribution in [3.05, 3.63) is 0 Å². The molecule has 5 nitrogen and oxygen atoms in total. The van der Waals surface area contributed by atoms with Crippen molar-refractivity contribution in [3.8, 4) is 0 Å². The first-order valence-electron chi connectivity index (χ1n) is 9.18. The average molecular weight is 325 g/mol. The number of rotatable bonds is 6. The van der Waals surface area contributed by atoms with Gasteiger partial charge in [-0.1, -0.05) is 13.8 Å². The SMILES string of the molecule is COC[C@@H]1CN(C(=O)[C@@H]2CCN(C(C)C)C2)CCN1CC(C)C. The first kappa shape index (κ1) is 18.7. The molecule has 23 heavy (non-hydrogen) atoms. The Balaban J connectivity index is 1.92. The molecule has 0 bridgehead atoms. The van der Waals surface area contributed by atoms with Gasteiger partial charge in [0.05, 0.1) is 18.6 Å². The third kappa shape index (κ3) is 4.91. The minimum Gasteiger partial charge on any atom is -0.383 e. The Bertz CT molecular complexity index is 386. The molecule has 5 heteroatoms. The highest BCUT2D eigenvalue weighted by Crippen LogP contribution is 2.22. The Morgan fingerprint density at radius 2 is 1.87 bits per heavy atom. The predicted molar refractivity (Wildman–Crippen MR) is 93.5 cm³/mol. The van der Waals surface area contributed by atoms with Gasteiger partial charge in [0.15, 0.2) is 0 Å². The largest absolute Gasteiger partial charge is 0.383 e. The number of nitrogens with zero attached hydrogens (tertiary/aromatic N) is 3. The molecule has 2 aliphatic heterocycles. The quantitative estimate of drug-likeness (QED) is 0.742. The van der Waals surface area contributed by atoms with Crippen molar-refractivity contribution in [2.75, 3.05) is 53.0 Å². The highest BCUT2D eigenvalue weighted by Gasteiger charge is 2.36. The summed E-state index contributed by atoms with van der Waals surface area (Å²) >= 11 is 0. The molecule has 0 spiro atoms. The zero-order valence-corrected chi connectivity index (χ0v) is 15.6. The Labute approximate surface area is 141 Å². The number of carbonyl (C=O) groups is 1. The summed E-state index contributed by atoms with van der Waals surface area (Å²) in [6.07, 6.45) is 1.01. The summed E-state index contributed by atoms with van der Waals surface area (Å²) < 4.78 is 5.41. The van der Waals surface area contributed by atoms with Crippen LogP contribution in [0.3, 0.4) is 0 Å². The van der Waals surface area contributed by atoms with Crippen molar-refractivity contribution in [2.24, 2.45) is 11.8 Å². The lowest BCUT2D eigenvalue weighted by Gasteiger charge is -2.42. The monoisotopic (exact) mass is 325 g/mol. The fraction of sp³-hybridized carbons (Fsp3) is 0.944. The molecule has 2 fully saturated rings. The Morgan fingerprint density at radius 1 is 1.13 bits per heavy atom. The van der Waals surface area contributed by atoms with Crippen LogP contribution in [0.15, 0.2) is 0 Å². The van der Waals surface area contributed by atoms with E-state index in [4.69, 9.17) is 4.74 Å². The van der Waals surface area contributed by atoms with Gasteiger partial charge in [0, 0.05) is 45.9 Å². The molecule has 2 atom stereocenters. The first-order valence-corrected chi connectivity index (χ1v) is 9.18. The summed E-state index contributed by atoms with van der Waals surface area (Å²) in [5, 5.41) is 0. The lowest BCUT2D eigenvalue weighted by Crippen LogP contribution is -2.58. The number of amides is 1. The number of hydrogen-bond acceptors (Lipinski definition) is 4. The van der Waals surface area contributed by atoms with Gasteiger partial charge in [0.1, 0.15) is 0 Å². The molecule has 0 aromatic carbocycles. The molecule has 0 unspecified atom stereocenters. The average Bonchev–Trinajstić information content (AvgIpc) is 2.98. The number of hydrogen-bond donors (Lipinski definition) is 0. The van der Waals surface area contributed by atoms with Crippen molar-refractivity contribution in [1.82, 2.24) is 14.7 Å². The van der Waals surface area contributed by atoms with Gasteiger partial charge in [-0.15, -0.1) is 0 Å². The minimum atomic E-state index is 0.192. The minimum absolute atomic E-state index is 0.192. The van der Waals surface area contributed by atoms with Crippen LogP contribution in [0.1, 0.15) is 34.1 Å². The summed E-state index contributed by atoms with van der Waals surface area (Å²) in [5.74, 6) is 1.20. The summed E-state index contributed by atoms with van der Waals surface area (Å²) in [5.41, 5.74) is 0. The van der Waals surface area contributed by atoms with Gasteiger partial charge < -0.3 is 14.5 Å². The number of ether oxygens (including phenoxy) is 1. The van der Waals surface area contributed by atoms with Crippen LogP contribution in [-0.2, 0) is 9.53 Å². The van der Waals surface area contributed by atoms with Gasteiger partial charge in [-0.25, -0.2) is 0 Å². The second kappa shape index (κ2) is 8.45. The van der Waals surface area contributed by atoms with E-state index in [1.165, 1.54) is 0 Å². The Morgan fingerprint density at radius 3 is 2.43 bits per heavy atom. The van der Waals surface area contributed by atoms with Crippen molar-refractivity contribution >= 4 is 5.91 Å². The highest BCUT2D eigenvalue weighted by molar-refractivity contribution is 5.79. The molecule has 2 saturated heterocycles. The van der Waals surface area contributed by atoms with Gasteiger partial charge in [-0.2, -0.15) is 0 Å². The van der Waals surface area contributed by atoms with E-state index in [1.807, 2.05) is 0 Å². The van der Waals surface area contributed by atoms with Crippen LogP contribution in [0.25, 0.3) is 0 Å². The van der Waals surface area contributed by atoms with Gasteiger partial charge in [0.25, 0.3) is 0 Å². The van der Waals surface area contributed by atoms with E-state index in [2.05, 4.69) is 42.4 Å². The molecule has 2 rings (SSSR count). The molecule has 2 aliphatic rings. The summed E-state index contributed by atoms with van der Waals surface area (Å²) in [6, 6.07) is 0.875. The molecule has 0 aromatic heterocycles. The van der Waals surface area contributed by atoms with E-state index in [0.29, 0.717) is 30.5 Å². The van der Waals surface area contributed by atoms with Crippen LogP contribution in [0.4, 0.5) is 0 Å². The normalized spacial score (nSPS) is 27.3. The fourth-order valence-electron chi connectivity index (χ4n) is 3.87. The van der Waals surface area contributed by atoms with Crippen molar-refractivity contribution in [2.45, 2.75) is 46.2 Å². The van der Waals surface area contributed by atoms with Crippen LogP contribution >= 0.6 is 0 Å². The molecule has 0 aromatic rings. The van der Waals surface area contributed by atoms with Crippen LogP contribution in [0, 0.1) is 11.8 Å². The third-order valence-corrected chi connectivity index (χ3v) is 5.17. The topological polar surface area (TPSA) is 36.0 Å². The van der Waals surface area contributed by atoms with E-state index in [1.54, 1.807) is 7.11 Å². The second-order valence-electron chi connectivity index (χ2n) is 7.86. The maximum Gasteiger partial charge on any atom is 0.227 e. The molecule has 2 heterocycles. The van der Waals surface area contributed by atoms with E-state index in [9.17, 15) is 4.79 Å². The molecule has 0 saturated carbocycles. The Hall–Kier alpha value is -0.650. The zero-order chi connectivity index (χ0) is 17.0. The smallest absolute Gasteiger partial charge is 0.227 e. The van der Waals surface area contributed by atoms with Gasteiger partial charge in [0.2, 0.25) is 5.91 Å². The lowest BCUT2D eigenvalue weighted by molar-refractivity contribution is -0.139. The van der Waals surface area contributed by atoms with Gasteiger partial charge >= 0.3 is 0 Å². The van der Waals surface area contributed by atoms with Crippen molar-refractivity contribution in [3.63, 3.8) is 0 Å². The molecule has 0 aliphatic carbocycles. The van der Waals surface area contributed by atoms with Gasteiger partial charge in [-0.3, -0.25) is 9.69 Å². The van der Waals surface area contributed by atoms with Gasteiger partial charge in [-0.05, 0) is 32.7 Å². The standard InChI is InChI=1S/C18H35N3O2/c1-14(2)10-20-8-9-21(12-17(20)13-23-5)18(22)16-6-7-19(11-16)15(3)4/h14-17H,6-13H2,1-5H3/t16-,17+/m1/s1. The second-order valence-corrected chi connectivity index (χ2v) is 7.86. The van der Waals surface area contributed by atoms with E-state index < -0.39 is 0 Å². The third-order valence-electron chi connectivity index (χ3n) is 5.17. The van der Waals surface area contributed by atoms with E-state index in [0.717, 1.165) is 45.7 Å². The first-order chi connectivity index (χ1) is 10.9. The number of piperazine rings is 1. The fourth-order valence-corrected chi connectivity index (χ4v) is 3.87. The Kier molecular flexibility index (Phi) is 6.86. The zero-order valence-electron chi connectivity index (χ0n) is 15.6. The van der Waals surface area contributed by atoms with Crippen LogP contribution in [0.2, 0.25) is 0 Å². The van der Waals surface area contributed by atoms with E-state index in [-0.39, 0.29) is 5.92 Å². The van der Waals surface area contributed by atoms with Crippen molar-refractivity contribution in [1.29, 1.82) is 0 Å². The molecule has 0 radical (unpaired) electrons. The molecular formula is C18H35N3O2. The number of likely N-dealkylation sites (tertiary alicyclic amines) is 1. The maximum atomic E-state index is 12.9. The molecule has 134 valence electrons. The highest BCUT2D eigenvalue weighted by atomic mass is 16.5. The summed E-state index contributed by atoms with van der Waals surface area (Å²) in [6.45, 7) is 15.4. The maximum absolute atomic E-state index is 12.9. The molecular weight excluding hydrogens is 290 g/mol. The lowest BCUT2D eigenvalue weighted by atomic mass is 10.0. The van der Waals surface area contributed by atoms with E-state index >= 15 is 0 Å². The number of carbonyl (C=O) groups excluding carboxylic acids is 1. The molecule has 0 N–H and O–H groups in total. The molecule has 1 amide bonds. The summed E-state index contributed by atoms with van der Waals surface area (Å²) in [7, 11) is 1.76. The van der Waals surface area contributed by atoms with Crippen LogP contribution in [0.5, 0.6) is 0 Å². The van der Waals surface area contributed by atoms with Crippen molar-refractivity contribution < 1.29 is 9.53 Å². The van der Waals surface area contributed by atoms with Crippen LogP contribution in [-0.4, -0.2) is 85.7 Å². The number of methoxy groups -OCH3 is 1. The predicted octanol–water partition coefficient (Wildman–Crippen LogP) is 1.53. The summed E-state index contributed by atoms with van der Waals surface area (Å²) in [4.78, 5) is 19.9.